The predicted molar refractivity (Wildman–Crippen MR) is 130 cm³/mol. The Morgan fingerprint density at radius 3 is 2.48 bits per heavy atom. The van der Waals surface area contributed by atoms with Crippen molar-refractivity contribution in [2.45, 2.75) is 58.3 Å². The molecule has 2 aromatic carbocycles. The SMILES string of the molecule is Cc1ccc(C(=O)N2CCC3(CCCCCc4ccccc4OCCCNC3=O)CC2)cc1. The molecule has 4 rings (SSSR count). The number of amides is 2. The van der Waals surface area contributed by atoms with Crippen LogP contribution in [0.2, 0.25) is 0 Å². The molecule has 33 heavy (non-hydrogen) atoms. The number of hydrogen-bond acceptors (Lipinski definition) is 3. The van der Waals surface area contributed by atoms with Gasteiger partial charge >= 0.3 is 0 Å². The van der Waals surface area contributed by atoms with E-state index >= 15 is 0 Å². The molecule has 1 fully saturated rings. The number of benzene rings is 2. The molecule has 5 nitrogen and oxygen atoms in total. The standard InChI is InChI=1S/C28H36N2O3/c1-22-11-13-24(14-12-22)26(31)30-19-16-28(17-20-30)15-6-2-3-8-23-9-4-5-10-25(23)33-21-7-18-29-27(28)32/h4-5,9-14H,2-3,6-8,15-21H2,1H3,(H,29,32). The lowest BCUT2D eigenvalue weighted by atomic mass is 9.73. The van der Waals surface area contributed by atoms with Crippen molar-refractivity contribution in [2.75, 3.05) is 26.2 Å². The van der Waals surface area contributed by atoms with Crippen molar-refractivity contribution in [3.05, 3.63) is 65.2 Å². The summed E-state index contributed by atoms with van der Waals surface area (Å²) in [5.74, 6) is 1.20. The molecule has 1 N–H and O–H groups in total. The predicted octanol–water partition coefficient (Wildman–Crippen LogP) is 4.92. The lowest BCUT2D eigenvalue weighted by molar-refractivity contribution is -0.134. The molecule has 1 spiro atoms. The minimum absolute atomic E-state index is 0.0713. The summed E-state index contributed by atoms with van der Waals surface area (Å²) in [6.45, 7) is 4.51. The Bertz CT molecular complexity index is 946. The van der Waals surface area contributed by atoms with Gasteiger partial charge in [0.1, 0.15) is 5.75 Å². The zero-order valence-corrected chi connectivity index (χ0v) is 19.8. The summed E-state index contributed by atoms with van der Waals surface area (Å²) in [4.78, 5) is 28.2. The second-order valence-electron chi connectivity index (χ2n) is 9.56. The van der Waals surface area contributed by atoms with Crippen LogP contribution in [-0.2, 0) is 11.2 Å². The second-order valence-corrected chi connectivity index (χ2v) is 9.56. The van der Waals surface area contributed by atoms with E-state index in [-0.39, 0.29) is 17.2 Å². The number of piperidine rings is 1. The Morgan fingerprint density at radius 1 is 0.939 bits per heavy atom. The monoisotopic (exact) mass is 448 g/mol. The summed E-state index contributed by atoms with van der Waals surface area (Å²) in [5, 5.41) is 3.18. The normalized spacial score (nSPS) is 19.7. The van der Waals surface area contributed by atoms with Crippen molar-refractivity contribution in [3.8, 4) is 5.75 Å². The van der Waals surface area contributed by atoms with Crippen molar-refractivity contribution in [2.24, 2.45) is 5.41 Å². The molecule has 5 heteroatoms. The molecule has 176 valence electrons. The number of ether oxygens (including phenoxy) is 1. The van der Waals surface area contributed by atoms with Crippen LogP contribution in [0.25, 0.3) is 0 Å². The maximum Gasteiger partial charge on any atom is 0.253 e. The number of carbonyl (C=O) groups excluding carboxylic acids is 2. The molecule has 0 bridgehead atoms. The first-order valence-electron chi connectivity index (χ1n) is 12.4. The third kappa shape index (κ3) is 5.76. The molecule has 1 saturated heterocycles. The van der Waals surface area contributed by atoms with E-state index in [2.05, 4.69) is 17.4 Å². The van der Waals surface area contributed by atoms with Crippen LogP contribution in [-0.4, -0.2) is 43.0 Å². The summed E-state index contributed by atoms with van der Waals surface area (Å²) in [6.07, 6.45) is 7.37. The van der Waals surface area contributed by atoms with Crippen LogP contribution < -0.4 is 10.1 Å². The molecule has 0 atom stereocenters. The van der Waals surface area contributed by atoms with E-state index in [1.807, 2.05) is 48.2 Å². The molecule has 0 aromatic heterocycles. The van der Waals surface area contributed by atoms with Gasteiger partial charge in [0.05, 0.1) is 12.0 Å². The highest BCUT2D eigenvalue weighted by molar-refractivity contribution is 5.94. The minimum atomic E-state index is -0.368. The van der Waals surface area contributed by atoms with Crippen LogP contribution in [0.5, 0.6) is 5.75 Å². The molecule has 2 aromatic rings. The summed E-state index contributed by atoms with van der Waals surface area (Å²) >= 11 is 0. The van der Waals surface area contributed by atoms with Gasteiger partial charge in [-0.1, -0.05) is 48.7 Å². The second kappa shape index (κ2) is 10.9. The maximum absolute atomic E-state index is 13.3. The number of fused-ring (bicyclic) bond motifs is 1. The Kier molecular flexibility index (Phi) is 7.69. The molecular weight excluding hydrogens is 412 g/mol. The number of para-hydroxylation sites is 1. The molecule has 2 heterocycles. The third-order valence-corrected chi connectivity index (χ3v) is 7.23. The van der Waals surface area contributed by atoms with Crippen LogP contribution in [0.4, 0.5) is 0 Å². The van der Waals surface area contributed by atoms with Crippen molar-refractivity contribution < 1.29 is 14.3 Å². The smallest absolute Gasteiger partial charge is 0.253 e. The molecular formula is C28H36N2O3. The average Bonchev–Trinajstić information content (AvgIpc) is 2.84. The van der Waals surface area contributed by atoms with E-state index < -0.39 is 0 Å². The summed E-state index contributed by atoms with van der Waals surface area (Å²) in [5.41, 5.74) is 2.78. The van der Waals surface area contributed by atoms with Crippen molar-refractivity contribution in [1.29, 1.82) is 0 Å². The number of rotatable bonds is 1. The number of nitrogens with one attached hydrogen (secondary N) is 1. The van der Waals surface area contributed by atoms with Crippen molar-refractivity contribution in [1.82, 2.24) is 10.2 Å². The lowest BCUT2D eigenvalue weighted by Gasteiger charge is -2.41. The highest BCUT2D eigenvalue weighted by atomic mass is 16.5. The summed E-state index contributed by atoms with van der Waals surface area (Å²) in [7, 11) is 0. The first-order valence-corrected chi connectivity index (χ1v) is 12.4. The number of aryl methyl sites for hydroxylation is 2. The van der Waals surface area contributed by atoms with Gasteiger partial charge in [-0.2, -0.15) is 0 Å². The zero-order valence-electron chi connectivity index (χ0n) is 19.8. The minimum Gasteiger partial charge on any atom is -0.493 e. The van der Waals surface area contributed by atoms with E-state index in [9.17, 15) is 9.59 Å². The van der Waals surface area contributed by atoms with Gasteiger partial charge in [-0.3, -0.25) is 9.59 Å². The summed E-state index contributed by atoms with van der Waals surface area (Å²) in [6, 6.07) is 16.0. The molecule has 0 aliphatic carbocycles. The van der Waals surface area contributed by atoms with Gasteiger partial charge in [0, 0.05) is 25.2 Å². The topological polar surface area (TPSA) is 58.6 Å². The van der Waals surface area contributed by atoms with Crippen LogP contribution in [0.1, 0.15) is 66.4 Å². The fourth-order valence-corrected chi connectivity index (χ4v) is 5.06. The van der Waals surface area contributed by atoms with Gasteiger partial charge in [-0.15, -0.1) is 0 Å². The number of nitrogens with zero attached hydrogens (tertiary/aromatic N) is 1. The third-order valence-electron chi connectivity index (χ3n) is 7.23. The first-order chi connectivity index (χ1) is 16.1. The van der Waals surface area contributed by atoms with Gasteiger partial charge < -0.3 is 15.0 Å². The fourth-order valence-electron chi connectivity index (χ4n) is 5.06. The van der Waals surface area contributed by atoms with Gasteiger partial charge in [0.2, 0.25) is 5.91 Å². The first kappa shape index (κ1) is 23.3. The molecule has 0 radical (unpaired) electrons. The Balaban J connectivity index is 1.39. The molecule has 2 aliphatic rings. The molecule has 2 aliphatic heterocycles. The molecule has 0 saturated carbocycles. The van der Waals surface area contributed by atoms with Crippen LogP contribution >= 0.6 is 0 Å². The van der Waals surface area contributed by atoms with E-state index in [1.54, 1.807) is 0 Å². The van der Waals surface area contributed by atoms with Crippen LogP contribution in [0, 0.1) is 12.3 Å². The van der Waals surface area contributed by atoms with E-state index in [1.165, 1.54) is 5.56 Å². The highest BCUT2D eigenvalue weighted by Gasteiger charge is 2.41. The van der Waals surface area contributed by atoms with Gasteiger partial charge in [-0.05, 0) is 69.2 Å². The maximum atomic E-state index is 13.3. The van der Waals surface area contributed by atoms with Gasteiger partial charge in [0.25, 0.3) is 5.91 Å². The largest absolute Gasteiger partial charge is 0.493 e. The number of hydrogen-bond donors (Lipinski definition) is 1. The van der Waals surface area contributed by atoms with Crippen LogP contribution in [0.3, 0.4) is 0 Å². The zero-order chi connectivity index (χ0) is 23.1. The molecule has 0 unspecified atom stereocenters. The Labute approximate surface area is 197 Å². The number of carbonyl (C=O) groups is 2. The molecule has 2 amide bonds. The fraction of sp³-hybridized carbons (Fsp3) is 0.500. The van der Waals surface area contributed by atoms with Crippen LogP contribution in [0.15, 0.2) is 48.5 Å². The van der Waals surface area contributed by atoms with E-state index in [0.29, 0.717) is 26.2 Å². The van der Waals surface area contributed by atoms with Crippen molar-refractivity contribution in [3.63, 3.8) is 0 Å². The Morgan fingerprint density at radius 2 is 1.70 bits per heavy atom. The van der Waals surface area contributed by atoms with Gasteiger partial charge in [-0.25, -0.2) is 0 Å². The van der Waals surface area contributed by atoms with E-state index in [4.69, 9.17) is 4.74 Å². The Hall–Kier alpha value is -2.82. The highest BCUT2D eigenvalue weighted by Crippen LogP contribution is 2.38. The number of likely N-dealkylation sites (tertiary alicyclic amines) is 1. The quantitative estimate of drug-likeness (QED) is 0.674. The average molecular weight is 449 g/mol. The van der Waals surface area contributed by atoms with Gasteiger partial charge in [0.15, 0.2) is 0 Å². The summed E-state index contributed by atoms with van der Waals surface area (Å²) < 4.78 is 6.00. The van der Waals surface area contributed by atoms with Crippen molar-refractivity contribution >= 4 is 11.8 Å². The van der Waals surface area contributed by atoms with E-state index in [0.717, 1.165) is 68.2 Å². The lowest BCUT2D eigenvalue weighted by Crippen LogP contribution is -2.50.